The Kier molecular flexibility index (Phi) is 6.16. The van der Waals surface area contributed by atoms with Crippen LogP contribution in [0, 0.1) is 11.7 Å². The monoisotopic (exact) mass is 369 g/mol. The Hall–Kier alpha value is -2.76. The van der Waals surface area contributed by atoms with Crippen molar-refractivity contribution >= 4 is 11.6 Å². The summed E-state index contributed by atoms with van der Waals surface area (Å²) in [5.74, 6) is 0.0357. The number of hydrogen-bond donors (Lipinski definition) is 0. The van der Waals surface area contributed by atoms with E-state index in [0.29, 0.717) is 25.9 Å². The third-order valence-electron chi connectivity index (χ3n) is 4.34. The molecule has 1 aromatic heterocycles. The highest BCUT2D eigenvalue weighted by molar-refractivity contribution is 5.99. The highest BCUT2D eigenvalue weighted by Gasteiger charge is 2.27. The summed E-state index contributed by atoms with van der Waals surface area (Å²) in [7, 11) is 0. The highest BCUT2D eigenvalue weighted by atomic mass is 19.1. The Morgan fingerprint density at radius 2 is 2.04 bits per heavy atom. The quantitative estimate of drug-likeness (QED) is 0.746. The lowest BCUT2D eigenvalue weighted by molar-refractivity contribution is -0.134. The fourth-order valence-electron chi connectivity index (χ4n) is 3.00. The Morgan fingerprint density at radius 3 is 2.70 bits per heavy atom. The molecule has 1 aromatic carbocycles. The summed E-state index contributed by atoms with van der Waals surface area (Å²) in [6.07, 6.45) is 2.57. The summed E-state index contributed by atoms with van der Waals surface area (Å²) < 4.78 is 13.2. The number of nitrogens with zero attached hydrogens (tertiary/aromatic N) is 3. The minimum Gasteiger partial charge on any atom is -0.390 e. The van der Waals surface area contributed by atoms with Gasteiger partial charge in [0, 0.05) is 25.6 Å². The van der Waals surface area contributed by atoms with Gasteiger partial charge in [-0.15, -0.1) is 0 Å². The zero-order chi connectivity index (χ0) is 19.2. The lowest BCUT2D eigenvalue weighted by Gasteiger charge is -2.26. The van der Waals surface area contributed by atoms with Crippen molar-refractivity contribution in [2.45, 2.75) is 39.3 Å². The van der Waals surface area contributed by atoms with Gasteiger partial charge in [0.05, 0.1) is 12.2 Å². The summed E-state index contributed by atoms with van der Waals surface area (Å²) in [5.41, 5.74) is 2.47. The number of carbonyl (C=O) groups is 1. The zero-order valence-corrected chi connectivity index (χ0v) is 15.6. The van der Waals surface area contributed by atoms with Gasteiger partial charge in [0.1, 0.15) is 11.5 Å². The molecule has 0 aliphatic carbocycles. The largest absolute Gasteiger partial charge is 0.390 e. The second kappa shape index (κ2) is 8.75. The van der Waals surface area contributed by atoms with E-state index in [0.717, 1.165) is 17.0 Å². The molecule has 0 bridgehead atoms. The summed E-state index contributed by atoms with van der Waals surface area (Å²) >= 11 is 0. The van der Waals surface area contributed by atoms with Crippen molar-refractivity contribution in [3.05, 3.63) is 65.7 Å². The number of benzene rings is 1. The van der Waals surface area contributed by atoms with E-state index in [1.807, 2.05) is 32.0 Å². The van der Waals surface area contributed by atoms with Crippen molar-refractivity contribution in [2.75, 3.05) is 6.54 Å². The first kappa shape index (κ1) is 19.0. The van der Waals surface area contributed by atoms with E-state index in [4.69, 9.17) is 4.84 Å². The van der Waals surface area contributed by atoms with Gasteiger partial charge >= 0.3 is 0 Å². The van der Waals surface area contributed by atoms with E-state index < -0.39 is 0 Å². The van der Waals surface area contributed by atoms with Gasteiger partial charge in [-0.1, -0.05) is 37.2 Å². The molecule has 2 aromatic rings. The van der Waals surface area contributed by atoms with Crippen LogP contribution in [0.25, 0.3) is 0 Å². The molecule has 27 heavy (non-hydrogen) atoms. The molecular weight excluding hydrogens is 345 g/mol. The molecule has 0 spiro atoms. The van der Waals surface area contributed by atoms with E-state index in [9.17, 15) is 9.18 Å². The molecule has 0 fully saturated rings. The summed E-state index contributed by atoms with van der Waals surface area (Å²) in [6, 6.07) is 11.9. The average Bonchev–Trinajstić information content (AvgIpc) is 3.12. The van der Waals surface area contributed by atoms with Crippen LogP contribution in [0.3, 0.4) is 0 Å². The lowest BCUT2D eigenvalue weighted by Crippen LogP contribution is -2.37. The van der Waals surface area contributed by atoms with Crippen molar-refractivity contribution in [2.24, 2.45) is 11.1 Å². The van der Waals surface area contributed by atoms with Crippen molar-refractivity contribution in [3.8, 4) is 0 Å². The maximum atomic E-state index is 13.2. The number of hydrogen-bond acceptors (Lipinski definition) is 4. The normalized spacial score (nSPS) is 16.1. The van der Waals surface area contributed by atoms with Crippen LogP contribution in [0.4, 0.5) is 4.39 Å². The van der Waals surface area contributed by atoms with Gasteiger partial charge in [-0.25, -0.2) is 4.39 Å². The van der Waals surface area contributed by atoms with Crippen LogP contribution in [-0.2, 0) is 16.2 Å². The van der Waals surface area contributed by atoms with Crippen LogP contribution in [0.15, 0.2) is 53.8 Å². The Labute approximate surface area is 158 Å². The van der Waals surface area contributed by atoms with Gasteiger partial charge < -0.3 is 9.74 Å². The van der Waals surface area contributed by atoms with Crippen molar-refractivity contribution in [3.63, 3.8) is 0 Å². The second-order valence-corrected chi connectivity index (χ2v) is 7.18. The third kappa shape index (κ3) is 5.36. The molecule has 0 unspecified atom stereocenters. The number of aromatic nitrogens is 1. The van der Waals surface area contributed by atoms with E-state index in [2.05, 4.69) is 10.1 Å². The standard InChI is InChI=1S/C21H24FN3O2/c1-15(2)11-21(26)25(13-16-6-8-17(22)9-7-16)14-18-12-20(24-27-18)19-5-3-4-10-23-19/h3-10,15,18H,11-14H2,1-2H3/t18-/m1/s1. The van der Waals surface area contributed by atoms with E-state index >= 15 is 0 Å². The van der Waals surface area contributed by atoms with E-state index in [1.165, 1.54) is 12.1 Å². The third-order valence-corrected chi connectivity index (χ3v) is 4.34. The van der Waals surface area contributed by atoms with E-state index in [-0.39, 0.29) is 23.7 Å². The Balaban J connectivity index is 1.66. The van der Waals surface area contributed by atoms with Crippen molar-refractivity contribution in [1.29, 1.82) is 0 Å². The van der Waals surface area contributed by atoms with Gasteiger partial charge in [-0.2, -0.15) is 0 Å². The van der Waals surface area contributed by atoms with Crippen LogP contribution in [0.5, 0.6) is 0 Å². The molecular formula is C21H24FN3O2. The predicted octanol–water partition coefficient (Wildman–Crippen LogP) is 3.79. The SMILES string of the molecule is CC(C)CC(=O)N(Cc1ccc(F)cc1)C[C@H]1CC(c2ccccn2)=NO1. The molecule has 6 heteroatoms. The molecule has 5 nitrogen and oxygen atoms in total. The fourth-order valence-corrected chi connectivity index (χ4v) is 3.00. The van der Waals surface area contributed by atoms with Crippen LogP contribution in [-0.4, -0.2) is 34.2 Å². The van der Waals surface area contributed by atoms with Gasteiger partial charge in [-0.05, 0) is 35.7 Å². The number of rotatable bonds is 7. The van der Waals surface area contributed by atoms with Crippen LogP contribution in [0.1, 0.15) is 37.9 Å². The average molecular weight is 369 g/mol. The number of pyridine rings is 1. The van der Waals surface area contributed by atoms with Crippen molar-refractivity contribution in [1.82, 2.24) is 9.88 Å². The Bertz CT molecular complexity index is 791. The molecule has 0 radical (unpaired) electrons. The van der Waals surface area contributed by atoms with Gasteiger partial charge in [0.15, 0.2) is 6.10 Å². The molecule has 0 saturated carbocycles. The number of amides is 1. The van der Waals surface area contributed by atoms with Gasteiger partial charge in [-0.3, -0.25) is 9.78 Å². The van der Waals surface area contributed by atoms with E-state index in [1.54, 1.807) is 23.2 Å². The molecule has 1 atom stereocenters. The molecule has 3 rings (SSSR count). The smallest absolute Gasteiger partial charge is 0.223 e. The summed E-state index contributed by atoms with van der Waals surface area (Å²) in [5, 5.41) is 4.15. The van der Waals surface area contributed by atoms with Gasteiger partial charge in [0.2, 0.25) is 5.91 Å². The maximum Gasteiger partial charge on any atom is 0.223 e. The molecule has 1 aliphatic rings. The van der Waals surface area contributed by atoms with Crippen molar-refractivity contribution < 1.29 is 14.0 Å². The van der Waals surface area contributed by atoms with Crippen LogP contribution in [0.2, 0.25) is 0 Å². The zero-order valence-electron chi connectivity index (χ0n) is 15.6. The molecule has 142 valence electrons. The summed E-state index contributed by atoms with van der Waals surface area (Å²) in [6.45, 7) is 4.89. The molecule has 0 N–H and O–H groups in total. The first-order chi connectivity index (χ1) is 13.0. The number of oxime groups is 1. The fraction of sp³-hybridized carbons (Fsp3) is 0.381. The predicted molar refractivity (Wildman–Crippen MR) is 102 cm³/mol. The Morgan fingerprint density at radius 1 is 1.26 bits per heavy atom. The van der Waals surface area contributed by atoms with Crippen LogP contribution < -0.4 is 0 Å². The molecule has 0 saturated heterocycles. The molecule has 1 aliphatic heterocycles. The molecule has 1 amide bonds. The number of carbonyl (C=O) groups excluding carboxylic acids is 1. The lowest BCUT2D eigenvalue weighted by atomic mass is 10.1. The first-order valence-electron chi connectivity index (χ1n) is 9.17. The maximum absolute atomic E-state index is 13.2. The highest BCUT2D eigenvalue weighted by Crippen LogP contribution is 2.19. The van der Waals surface area contributed by atoms with Gasteiger partial charge in [0.25, 0.3) is 0 Å². The topological polar surface area (TPSA) is 54.8 Å². The molecule has 2 heterocycles. The number of halogens is 1. The minimum atomic E-state index is -0.286. The van der Waals surface area contributed by atoms with Crippen LogP contribution >= 0.6 is 0 Å². The second-order valence-electron chi connectivity index (χ2n) is 7.18. The minimum absolute atomic E-state index is 0.0595. The summed E-state index contributed by atoms with van der Waals surface area (Å²) in [4.78, 5) is 24.3. The first-order valence-corrected chi connectivity index (χ1v) is 9.17.